The Hall–Kier alpha value is -0.680. The molecule has 17 heavy (non-hydrogen) atoms. The second-order valence-electron chi connectivity index (χ2n) is 4.13. The lowest BCUT2D eigenvalue weighted by atomic mass is 10.2. The van der Waals surface area contributed by atoms with E-state index >= 15 is 0 Å². The summed E-state index contributed by atoms with van der Waals surface area (Å²) in [4.78, 5) is 14.1. The van der Waals surface area contributed by atoms with E-state index in [0.29, 0.717) is 11.8 Å². The highest BCUT2D eigenvalue weighted by Gasteiger charge is 2.22. The predicted octanol–water partition coefficient (Wildman–Crippen LogP) is 3.22. The number of rotatable bonds is 3. The van der Waals surface area contributed by atoms with Gasteiger partial charge in [-0.3, -0.25) is 4.79 Å². The molecule has 1 aromatic carbocycles. The molecule has 0 aliphatic carbocycles. The molecule has 1 unspecified atom stereocenters. The van der Waals surface area contributed by atoms with E-state index in [-0.39, 0.29) is 6.42 Å². The van der Waals surface area contributed by atoms with Crippen LogP contribution >= 0.6 is 27.7 Å². The van der Waals surface area contributed by atoms with Crippen LogP contribution in [0, 0.1) is 0 Å². The summed E-state index contributed by atoms with van der Waals surface area (Å²) in [6, 6.07) is 6.18. The van der Waals surface area contributed by atoms with Crippen LogP contribution in [-0.2, 0) is 4.79 Å². The summed E-state index contributed by atoms with van der Waals surface area (Å²) >= 11 is 5.31. The third kappa shape index (κ3) is 3.16. The van der Waals surface area contributed by atoms with Crippen molar-refractivity contribution in [3.63, 3.8) is 0 Å². The van der Waals surface area contributed by atoms with Gasteiger partial charge < -0.3 is 10.0 Å². The summed E-state index contributed by atoms with van der Waals surface area (Å²) in [6.45, 7) is 3.65. The number of thioether (sulfide) groups is 1. The maximum atomic E-state index is 10.7. The fraction of sp³-hybridized carbons (Fsp3) is 0.417. The monoisotopic (exact) mass is 315 g/mol. The number of carboxylic acid groups (broad SMARTS) is 1. The summed E-state index contributed by atoms with van der Waals surface area (Å²) in [6.07, 6.45) is 0.184. The zero-order valence-corrected chi connectivity index (χ0v) is 11.9. The second-order valence-corrected chi connectivity index (χ2v) is 6.53. The van der Waals surface area contributed by atoms with E-state index in [1.54, 1.807) is 0 Å². The molecule has 3 nitrogen and oxygen atoms in total. The Bertz CT molecular complexity index is 439. The number of fused-ring (bicyclic) bond motifs is 1. The molecule has 0 spiro atoms. The molecule has 5 heteroatoms. The van der Waals surface area contributed by atoms with Crippen LogP contribution in [0.5, 0.6) is 0 Å². The van der Waals surface area contributed by atoms with Crippen LogP contribution in [0.3, 0.4) is 0 Å². The van der Waals surface area contributed by atoms with E-state index in [2.05, 4.69) is 39.9 Å². The van der Waals surface area contributed by atoms with E-state index in [1.165, 1.54) is 4.90 Å². The maximum Gasteiger partial charge on any atom is 0.305 e. The fourth-order valence-electron chi connectivity index (χ4n) is 1.94. The number of benzene rings is 1. The number of anilines is 1. The van der Waals surface area contributed by atoms with Gasteiger partial charge >= 0.3 is 5.97 Å². The standard InChI is InChI=1S/C12H14BrNO2S/c1-8-7-14(5-4-12(15)16)10-6-9(13)2-3-11(10)17-8/h2-3,6,8H,4-5,7H2,1H3,(H,15,16). The number of aliphatic carboxylic acids is 1. The number of nitrogens with zero attached hydrogens (tertiary/aromatic N) is 1. The number of carbonyl (C=O) groups is 1. The Kier molecular flexibility index (Phi) is 3.99. The molecule has 1 atom stereocenters. The molecule has 0 saturated heterocycles. The summed E-state index contributed by atoms with van der Waals surface area (Å²) in [5.74, 6) is -0.743. The molecule has 1 N–H and O–H groups in total. The Labute approximate surface area is 113 Å². The fourth-order valence-corrected chi connectivity index (χ4v) is 3.43. The third-order valence-electron chi connectivity index (χ3n) is 2.66. The van der Waals surface area contributed by atoms with Gasteiger partial charge in [-0.1, -0.05) is 22.9 Å². The predicted molar refractivity (Wildman–Crippen MR) is 73.9 cm³/mol. The number of hydrogen-bond acceptors (Lipinski definition) is 3. The van der Waals surface area contributed by atoms with Gasteiger partial charge in [0.15, 0.2) is 0 Å². The second kappa shape index (κ2) is 5.31. The van der Waals surface area contributed by atoms with Crippen LogP contribution in [-0.4, -0.2) is 29.4 Å². The van der Waals surface area contributed by atoms with Gasteiger partial charge in [0.25, 0.3) is 0 Å². The third-order valence-corrected chi connectivity index (χ3v) is 4.31. The average molecular weight is 316 g/mol. The summed E-state index contributed by atoms with van der Waals surface area (Å²) in [7, 11) is 0. The van der Waals surface area contributed by atoms with Gasteiger partial charge in [0, 0.05) is 27.7 Å². The molecule has 0 fully saturated rings. The molecule has 0 aromatic heterocycles. The Morgan fingerprint density at radius 3 is 3.12 bits per heavy atom. The first-order chi connectivity index (χ1) is 8.06. The quantitative estimate of drug-likeness (QED) is 0.929. The van der Waals surface area contributed by atoms with Crippen LogP contribution in [0.2, 0.25) is 0 Å². The zero-order chi connectivity index (χ0) is 12.4. The molecule has 0 saturated carbocycles. The first-order valence-electron chi connectivity index (χ1n) is 5.49. The number of hydrogen-bond donors (Lipinski definition) is 1. The first-order valence-corrected chi connectivity index (χ1v) is 7.16. The van der Waals surface area contributed by atoms with Crippen LogP contribution < -0.4 is 4.90 Å². The van der Waals surface area contributed by atoms with Crippen molar-refractivity contribution in [2.45, 2.75) is 23.5 Å². The van der Waals surface area contributed by atoms with E-state index < -0.39 is 5.97 Å². The highest BCUT2D eigenvalue weighted by Crippen LogP contribution is 2.39. The zero-order valence-electron chi connectivity index (χ0n) is 9.52. The largest absolute Gasteiger partial charge is 0.481 e. The van der Waals surface area contributed by atoms with Crippen molar-refractivity contribution in [3.8, 4) is 0 Å². The molecule has 2 rings (SSSR count). The summed E-state index contributed by atoms with van der Waals surface area (Å²) in [5, 5.41) is 9.27. The lowest BCUT2D eigenvalue weighted by Crippen LogP contribution is -2.35. The van der Waals surface area contributed by atoms with Gasteiger partial charge in [-0.05, 0) is 18.2 Å². The van der Waals surface area contributed by atoms with Gasteiger partial charge in [-0.25, -0.2) is 0 Å². The summed E-state index contributed by atoms with van der Waals surface area (Å²) in [5.41, 5.74) is 1.14. The molecule has 1 aliphatic rings. The summed E-state index contributed by atoms with van der Waals surface area (Å²) < 4.78 is 1.03. The van der Waals surface area contributed by atoms with Crippen molar-refractivity contribution < 1.29 is 9.90 Å². The topological polar surface area (TPSA) is 40.5 Å². The van der Waals surface area contributed by atoms with Gasteiger partial charge in [-0.2, -0.15) is 0 Å². The molecule has 1 aliphatic heterocycles. The molecule has 0 bridgehead atoms. The first kappa shape index (κ1) is 12.8. The van der Waals surface area contributed by atoms with Crippen molar-refractivity contribution in [2.24, 2.45) is 0 Å². The lowest BCUT2D eigenvalue weighted by molar-refractivity contribution is -0.136. The Morgan fingerprint density at radius 2 is 2.41 bits per heavy atom. The molecule has 1 aromatic rings. The smallest absolute Gasteiger partial charge is 0.305 e. The van der Waals surface area contributed by atoms with E-state index in [4.69, 9.17) is 5.11 Å². The van der Waals surface area contributed by atoms with Gasteiger partial charge in [0.05, 0.1) is 12.1 Å². The maximum absolute atomic E-state index is 10.7. The van der Waals surface area contributed by atoms with E-state index in [0.717, 1.165) is 16.7 Å². The highest BCUT2D eigenvalue weighted by atomic mass is 79.9. The normalized spacial score (nSPS) is 18.9. The highest BCUT2D eigenvalue weighted by molar-refractivity contribution is 9.10. The molecule has 1 heterocycles. The van der Waals surface area contributed by atoms with Crippen molar-refractivity contribution in [2.75, 3.05) is 18.0 Å². The van der Waals surface area contributed by atoms with Crippen LogP contribution in [0.15, 0.2) is 27.6 Å². The molecule has 0 amide bonds. The minimum absolute atomic E-state index is 0.184. The average Bonchev–Trinajstić information content (AvgIpc) is 2.26. The Balaban J connectivity index is 2.23. The molecular formula is C12H14BrNO2S. The molecule has 92 valence electrons. The van der Waals surface area contributed by atoms with Crippen LogP contribution in [0.4, 0.5) is 5.69 Å². The SMILES string of the molecule is CC1CN(CCC(=O)O)c2cc(Br)ccc2S1. The number of carboxylic acids is 1. The van der Waals surface area contributed by atoms with Crippen LogP contribution in [0.1, 0.15) is 13.3 Å². The minimum atomic E-state index is -0.743. The van der Waals surface area contributed by atoms with Crippen molar-refractivity contribution >= 4 is 39.3 Å². The van der Waals surface area contributed by atoms with Crippen molar-refractivity contribution in [1.82, 2.24) is 0 Å². The minimum Gasteiger partial charge on any atom is -0.481 e. The van der Waals surface area contributed by atoms with E-state index in [9.17, 15) is 4.79 Å². The number of halogens is 1. The van der Waals surface area contributed by atoms with Crippen LogP contribution in [0.25, 0.3) is 0 Å². The molecule has 0 radical (unpaired) electrons. The molecular weight excluding hydrogens is 302 g/mol. The van der Waals surface area contributed by atoms with Crippen molar-refractivity contribution in [3.05, 3.63) is 22.7 Å². The lowest BCUT2D eigenvalue weighted by Gasteiger charge is -2.34. The van der Waals surface area contributed by atoms with Crippen molar-refractivity contribution in [1.29, 1.82) is 0 Å². The van der Waals surface area contributed by atoms with Gasteiger partial charge in [0.2, 0.25) is 0 Å². The van der Waals surface area contributed by atoms with Gasteiger partial charge in [-0.15, -0.1) is 11.8 Å². The Morgan fingerprint density at radius 1 is 1.65 bits per heavy atom. The van der Waals surface area contributed by atoms with E-state index in [1.807, 2.05) is 17.8 Å². The van der Waals surface area contributed by atoms with Gasteiger partial charge in [0.1, 0.15) is 0 Å².